The number of hydrogen-bond acceptors (Lipinski definition) is 2. The molecule has 0 aliphatic carbocycles. The number of benzene rings is 2. The molecule has 1 saturated heterocycles. The Morgan fingerprint density at radius 3 is 2.35 bits per heavy atom. The van der Waals surface area contributed by atoms with Crippen LogP contribution in [0.1, 0.15) is 24.0 Å². The summed E-state index contributed by atoms with van der Waals surface area (Å²) in [5.74, 6) is 0.772. The van der Waals surface area contributed by atoms with Gasteiger partial charge in [-0.25, -0.2) is 0 Å². The van der Waals surface area contributed by atoms with E-state index in [4.69, 9.17) is 27.9 Å². The van der Waals surface area contributed by atoms with Crippen LogP contribution in [0.5, 0.6) is 5.75 Å². The van der Waals surface area contributed by atoms with Crippen LogP contribution < -0.4 is 10.1 Å². The van der Waals surface area contributed by atoms with Gasteiger partial charge in [-0.15, -0.1) is 0 Å². The van der Waals surface area contributed by atoms with Gasteiger partial charge in [0.05, 0.1) is 15.6 Å². The van der Waals surface area contributed by atoms with Crippen molar-refractivity contribution in [2.45, 2.75) is 25.1 Å². The lowest BCUT2D eigenvalue weighted by Gasteiger charge is -2.26. The maximum atomic E-state index is 12.7. The highest BCUT2D eigenvalue weighted by atomic mass is 35.5. The predicted molar refractivity (Wildman–Crippen MR) is 97.1 cm³/mol. The molecule has 0 spiro atoms. The molecule has 2 nitrogen and oxygen atoms in total. The first-order chi connectivity index (χ1) is 12.3. The van der Waals surface area contributed by atoms with Crippen LogP contribution >= 0.6 is 23.2 Å². The van der Waals surface area contributed by atoms with E-state index in [-0.39, 0.29) is 17.9 Å². The van der Waals surface area contributed by atoms with Crippen molar-refractivity contribution in [1.82, 2.24) is 5.32 Å². The summed E-state index contributed by atoms with van der Waals surface area (Å²) in [5, 5.41) is 4.36. The number of hydrogen-bond donors (Lipinski definition) is 1. The molecule has 1 heterocycles. The van der Waals surface area contributed by atoms with E-state index in [0.29, 0.717) is 15.8 Å². The van der Waals surface area contributed by atoms with Crippen LogP contribution in [0.15, 0.2) is 42.5 Å². The quantitative estimate of drug-likeness (QED) is 0.697. The molecule has 1 N–H and O–H groups in total. The highest BCUT2D eigenvalue weighted by Gasteiger charge is 2.34. The van der Waals surface area contributed by atoms with Crippen LogP contribution in [-0.4, -0.2) is 19.2 Å². The fraction of sp³-hybridized carbons (Fsp3) is 0.368. The standard InChI is InChI=1S/C19H18Cl2F3NO/c1-11(26-14-5-3-13(4-6-14)19(22,23)24)15-9-25-10-16(15)12-2-7-17(20)18(21)8-12/h2-8,11,15-16,25H,9-10H2,1H3/t11-,15+,16?/m1/s1. The van der Waals surface area contributed by atoms with Gasteiger partial charge in [0.25, 0.3) is 0 Å². The van der Waals surface area contributed by atoms with Gasteiger partial charge < -0.3 is 10.1 Å². The molecule has 0 radical (unpaired) electrons. The van der Waals surface area contributed by atoms with Crippen LogP contribution in [0, 0.1) is 5.92 Å². The molecule has 1 aliphatic rings. The molecular weight excluding hydrogens is 386 g/mol. The molecule has 0 amide bonds. The molecule has 0 bridgehead atoms. The zero-order chi connectivity index (χ0) is 18.9. The number of nitrogens with one attached hydrogen (secondary N) is 1. The molecule has 26 heavy (non-hydrogen) atoms. The Labute approximate surface area is 160 Å². The van der Waals surface area contributed by atoms with Crippen LogP contribution in [-0.2, 0) is 6.18 Å². The van der Waals surface area contributed by atoms with E-state index in [1.54, 1.807) is 6.07 Å². The van der Waals surface area contributed by atoms with Crippen molar-refractivity contribution in [3.63, 3.8) is 0 Å². The van der Waals surface area contributed by atoms with Crippen molar-refractivity contribution in [2.24, 2.45) is 5.92 Å². The van der Waals surface area contributed by atoms with Gasteiger partial charge in [-0.05, 0) is 48.9 Å². The minimum Gasteiger partial charge on any atom is -0.490 e. The van der Waals surface area contributed by atoms with E-state index in [2.05, 4.69) is 5.32 Å². The lowest BCUT2D eigenvalue weighted by molar-refractivity contribution is -0.137. The van der Waals surface area contributed by atoms with Crippen LogP contribution in [0.3, 0.4) is 0 Å². The Morgan fingerprint density at radius 2 is 1.73 bits per heavy atom. The number of halogens is 5. The van der Waals surface area contributed by atoms with Crippen molar-refractivity contribution >= 4 is 23.2 Å². The second-order valence-electron chi connectivity index (χ2n) is 6.45. The van der Waals surface area contributed by atoms with Crippen molar-refractivity contribution in [3.05, 3.63) is 63.6 Å². The highest BCUT2D eigenvalue weighted by Crippen LogP contribution is 2.36. The van der Waals surface area contributed by atoms with Crippen LogP contribution in [0.4, 0.5) is 13.2 Å². The van der Waals surface area contributed by atoms with Gasteiger partial charge in [0.15, 0.2) is 0 Å². The van der Waals surface area contributed by atoms with Crippen molar-refractivity contribution < 1.29 is 17.9 Å². The first-order valence-corrected chi connectivity index (χ1v) is 9.01. The van der Waals surface area contributed by atoms with Gasteiger partial charge in [-0.2, -0.15) is 13.2 Å². The van der Waals surface area contributed by atoms with E-state index < -0.39 is 11.7 Å². The Morgan fingerprint density at radius 1 is 1.04 bits per heavy atom. The topological polar surface area (TPSA) is 21.3 Å². The van der Waals surface area contributed by atoms with E-state index in [1.165, 1.54) is 12.1 Å². The van der Waals surface area contributed by atoms with Crippen molar-refractivity contribution in [3.8, 4) is 5.75 Å². The molecule has 1 aliphatic heterocycles. The Bertz CT molecular complexity index is 764. The molecule has 3 rings (SSSR count). The summed E-state index contributed by atoms with van der Waals surface area (Å²) < 4.78 is 43.9. The number of alkyl halides is 3. The molecule has 2 aromatic rings. The summed E-state index contributed by atoms with van der Waals surface area (Å²) in [6.07, 6.45) is -4.53. The summed E-state index contributed by atoms with van der Waals surface area (Å²) in [4.78, 5) is 0. The minimum atomic E-state index is -4.35. The predicted octanol–water partition coefficient (Wildman–Crippen LogP) is 5.78. The normalized spacial score (nSPS) is 21.6. The van der Waals surface area contributed by atoms with Crippen LogP contribution in [0.2, 0.25) is 10.0 Å². The number of ether oxygens (including phenoxy) is 1. The summed E-state index contributed by atoms with van der Waals surface area (Å²) in [7, 11) is 0. The molecule has 1 unspecified atom stereocenters. The third kappa shape index (κ3) is 4.27. The van der Waals surface area contributed by atoms with Gasteiger partial charge in [-0.3, -0.25) is 0 Å². The van der Waals surface area contributed by atoms with Gasteiger partial charge in [0, 0.05) is 24.9 Å². The molecular formula is C19H18Cl2F3NO. The Hall–Kier alpha value is -1.43. The summed E-state index contributed by atoms with van der Waals surface area (Å²) in [6.45, 7) is 3.47. The maximum Gasteiger partial charge on any atom is 0.416 e. The summed E-state index contributed by atoms with van der Waals surface area (Å²) in [5.41, 5.74) is 0.381. The second kappa shape index (κ2) is 7.67. The Balaban J connectivity index is 1.72. The fourth-order valence-corrected chi connectivity index (χ4v) is 3.63. The van der Waals surface area contributed by atoms with Gasteiger partial charge in [0.2, 0.25) is 0 Å². The Kier molecular flexibility index (Phi) is 5.70. The largest absolute Gasteiger partial charge is 0.490 e. The zero-order valence-corrected chi connectivity index (χ0v) is 15.5. The lowest BCUT2D eigenvalue weighted by Crippen LogP contribution is -2.29. The smallest absolute Gasteiger partial charge is 0.416 e. The number of rotatable bonds is 4. The molecule has 3 atom stereocenters. The van der Waals surface area contributed by atoms with E-state index in [9.17, 15) is 13.2 Å². The van der Waals surface area contributed by atoms with E-state index >= 15 is 0 Å². The molecule has 1 fully saturated rings. The van der Waals surface area contributed by atoms with Gasteiger partial charge in [-0.1, -0.05) is 29.3 Å². The maximum absolute atomic E-state index is 12.7. The third-order valence-electron chi connectivity index (χ3n) is 4.74. The minimum absolute atomic E-state index is 0.162. The average Bonchev–Trinajstić information content (AvgIpc) is 3.07. The fourth-order valence-electron chi connectivity index (χ4n) is 3.32. The lowest BCUT2D eigenvalue weighted by atomic mass is 9.85. The van der Waals surface area contributed by atoms with Crippen molar-refractivity contribution in [2.75, 3.05) is 13.1 Å². The zero-order valence-electron chi connectivity index (χ0n) is 14.0. The highest BCUT2D eigenvalue weighted by molar-refractivity contribution is 6.42. The first kappa shape index (κ1) is 19.3. The summed E-state index contributed by atoms with van der Waals surface area (Å²) in [6, 6.07) is 10.4. The monoisotopic (exact) mass is 403 g/mol. The molecule has 0 aromatic heterocycles. The van der Waals surface area contributed by atoms with Gasteiger partial charge in [0.1, 0.15) is 11.9 Å². The van der Waals surface area contributed by atoms with Gasteiger partial charge >= 0.3 is 6.18 Å². The van der Waals surface area contributed by atoms with E-state index in [1.807, 2.05) is 19.1 Å². The van der Waals surface area contributed by atoms with Crippen LogP contribution in [0.25, 0.3) is 0 Å². The summed E-state index contributed by atoms with van der Waals surface area (Å²) >= 11 is 12.1. The molecule has 2 aromatic carbocycles. The molecule has 140 valence electrons. The van der Waals surface area contributed by atoms with Crippen molar-refractivity contribution in [1.29, 1.82) is 0 Å². The second-order valence-corrected chi connectivity index (χ2v) is 7.26. The average molecular weight is 404 g/mol. The third-order valence-corrected chi connectivity index (χ3v) is 5.48. The molecule has 7 heteroatoms. The SMILES string of the molecule is C[C@@H](Oc1ccc(C(F)(F)F)cc1)[C@@H]1CNCC1c1ccc(Cl)c(Cl)c1. The molecule has 0 saturated carbocycles. The van der Waals surface area contributed by atoms with E-state index in [0.717, 1.165) is 30.8 Å². The first-order valence-electron chi connectivity index (χ1n) is 8.25.